The number of rotatable bonds is 2. The zero-order valence-electron chi connectivity index (χ0n) is 9.72. The first kappa shape index (κ1) is 13.3. The fourth-order valence-electron chi connectivity index (χ4n) is 2.12. The summed E-state index contributed by atoms with van der Waals surface area (Å²) in [5, 5.41) is 0. The van der Waals surface area contributed by atoms with Gasteiger partial charge in [-0.25, -0.2) is 0 Å². The summed E-state index contributed by atoms with van der Waals surface area (Å²) < 4.78 is 0. The summed E-state index contributed by atoms with van der Waals surface area (Å²) >= 11 is 0. The van der Waals surface area contributed by atoms with Gasteiger partial charge in [-0.15, -0.1) is 12.4 Å². The van der Waals surface area contributed by atoms with E-state index in [9.17, 15) is 0 Å². The fourth-order valence-corrected chi connectivity index (χ4v) is 2.12. The van der Waals surface area contributed by atoms with Gasteiger partial charge in [0.2, 0.25) is 0 Å². The average Bonchev–Trinajstić information content (AvgIpc) is 2.40. The van der Waals surface area contributed by atoms with Crippen LogP contribution in [0, 0.1) is 0 Å². The van der Waals surface area contributed by atoms with Crippen LogP contribution in [-0.2, 0) is 6.54 Å². The number of nitrogens with zero attached hydrogens (tertiary/aromatic N) is 2. The average molecular weight is 242 g/mol. The van der Waals surface area contributed by atoms with Crippen LogP contribution in [-0.4, -0.2) is 38.1 Å². The Balaban J connectivity index is 0.00000128. The van der Waals surface area contributed by atoms with Crippen LogP contribution in [0.2, 0.25) is 0 Å². The number of benzene rings is 1. The first-order valence-corrected chi connectivity index (χ1v) is 5.52. The second kappa shape index (κ2) is 6.09. The largest absolute Gasteiger partial charge is 0.373 e. The second-order valence-electron chi connectivity index (χ2n) is 4.12. The van der Waals surface area contributed by atoms with Crippen molar-refractivity contribution >= 4 is 18.1 Å². The lowest BCUT2D eigenvalue weighted by Gasteiger charge is -2.19. The third kappa shape index (κ3) is 2.88. The molecular formula is C12H20ClN3. The fraction of sp³-hybridized carbons (Fsp3) is 0.500. The third-order valence-electron chi connectivity index (χ3n) is 2.99. The van der Waals surface area contributed by atoms with E-state index in [-0.39, 0.29) is 12.4 Å². The molecule has 1 aliphatic rings. The van der Waals surface area contributed by atoms with Crippen LogP contribution < -0.4 is 10.6 Å². The molecule has 0 spiro atoms. The van der Waals surface area contributed by atoms with Crippen LogP contribution in [0.5, 0.6) is 0 Å². The third-order valence-corrected chi connectivity index (χ3v) is 2.99. The van der Waals surface area contributed by atoms with E-state index in [1.54, 1.807) is 0 Å². The molecule has 0 saturated carbocycles. The molecule has 2 rings (SSSR count). The molecule has 16 heavy (non-hydrogen) atoms. The Hall–Kier alpha value is -0.770. The predicted octanol–water partition coefficient (Wildman–Crippen LogP) is 1.32. The number of para-hydroxylation sites is 1. The van der Waals surface area contributed by atoms with Crippen molar-refractivity contribution in [3.63, 3.8) is 0 Å². The number of hydrogen-bond acceptors (Lipinski definition) is 3. The van der Waals surface area contributed by atoms with Gasteiger partial charge in [0.25, 0.3) is 0 Å². The highest BCUT2D eigenvalue weighted by Crippen LogP contribution is 2.23. The molecule has 0 amide bonds. The maximum Gasteiger partial charge on any atom is 0.0409 e. The van der Waals surface area contributed by atoms with E-state index < -0.39 is 0 Å². The van der Waals surface area contributed by atoms with Crippen LogP contribution >= 0.6 is 12.4 Å². The summed E-state index contributed by atoms with van der Waals surface area (Å²) in [5.41, 5.74) is 8.38. The van der Waals surface area contributed by atoms with E-state index in [1.807, 2.05) is 0 Å². The molecule has 90 valence electrons. The van der Waals surface area contributed by atoms with Gasteiger partial charge in [0.05, 0.1) is 0 Å². The van der Waals surface area contributed by atoms with Gasteiger partial charge in [0.15, 0.2) is 0 Å². The molecule has 4 heteroatoms. The number of anilines is 1. The van der Waals surface area contributed by atoms with Crippen molar-refractivity contribution in [1.29, 1.82) is 0 Å². The van der Waals surface area contributed by atoms with Crippen molar-refractivity contribution in [1.82, 2.24) is 4.90 Å². The molecular weight excluding hydrogens is 222 g/mol. The summed E-state index contributed by atoms with van der Waals surface area (Å²) in [5.74, 6) is 0. The number of halogens is 1. The molecule has 1 heterocycles. The van der Waals surface area contributed by atoms with Crippen molar-refractivity contribution in [2.45, 2.75) is 6.54 Å². The van der Waals surface area contributed by atoms with Crippen molar-refractivity contribution in [2.24, 2.45) is 5.73 Å². The summed E-state index contributed by atoms with van der Waals surface area (Å²) in [6.45, 7) is 4.94. The minimum absolute atomic E-state index is 0. The van der Waals surface area contributed by atoms with Crippen LogP contribution in [0.3, 0.4) is 0 Å². The summed E-state index contributed by atoms with van der Waals surface area (Å²) in [4.78, 5) is 4.74. The Bertz CT molecular complexity index is 330. The second-order valence-corrected chi connectivity index (χ2v) is 4.12. The first-order chi connectivity index (χ1) is 7.31. The highest BCUT2D eigenvalue weighted by Gasteiger charge is 2.15. The van der Waals surface area contributed by atoms with Gasteiger partial charge >= 0.3 is 0 Å². The van der Waals surface area contributed by atoms with Crippen LogP contribution in [0.4, 0.5) is 5.69 Å². The molecule has 0 radical (unpaired) electrons. The molecule has 2 N–H and O–H groups in total. The minimum Gasteiger partial charge on any atom is -0.373 e. The van der Waals surface area contributed by atoms with Crippen LogP contribution in [0.1, 0.15) is 5.56 Å². The molecule has 1 aromatic carbocycles. The minimum atomic E-state index is 0. The lowest BCUT2D eigenvalue weighted by Crippen LogP contribution is -2.32. The van der Waals surface area contributed by atoms with Gasteiger partial charge in [-0.05, 0) is 11.6 Å². The Morgan fingerprint density at radius 1 is 1.25 bits per heavy atom. The Morgan fingerprint density at radius 3 is 2.75 bits per heavy atom. The molecule has 0 atom stereocenters. The molecule has 0 bridgehead atoms. The molecule has 0 saturated heterocycles. The van der Waals surface area contributed by atoms with E-state index in [0.29, 0.717) is 0 Å². The summed E-state index contributed by atoms with van der Waals surface area (Å²) in [6, 6.07) is 8.62. The van der Waals surface area contributed by atoms with Gasteiger partial charge in [0, 0.05) is 45.5 Å². The topological polar surface area (TPSA) is 32.5 Å². The summed E-state index contributed by atoms with van der Waals surface area (Å²) in [7, 11) is 2.16. The van der Waals surface area contributed by atoms with E-state index in [1.165, 1.54) is 11.3 Å². The van der Waals surface area contributed by atoms with Crippen molar-refractivity contribution in [3.8, 4) is 0 Å². The number of nitrogens with two attached hydrogens (primary N) is 1. The maximum atomic E-state index is 5.61. The summed E-state index contributed by atoms with van der Waals surface area (Å²) in [6.07, 6.45) is 0. The number of hydrogen-bond donors (Lipinski definition) is 1. The standard InChI is InChI=1S/C12H19N3.ClH/c1-14-8-9-15(7-6-13)10-11-4-2-3-5-12(11)14;/h2-5H,6-10,13H2,1H3;1H. The lowest BCUT2D eigenvalue weighted by molar-refractivity contribution is 0.286. The number of fused-ring (bicyclic) bond motifs is 1. The molecule has 1 aromatic rings. The zero-order valence-corrected chi connectivity index (χ0v) is 10.5. The van der Waals surface area contributed by atoms with Gasteiger partial charge in [0.1, 0.15) is 0 Å². The predicted molar refractivity (Wildman–Crippen MR) is 71.3 cm³/mol. The molecule has 0 aromatic heterocycles. The van der Waals surface area contributed by atoms with Crippen molar-refractivity contribution < 1.29 is 0 Å². The van der Waals surface area contributed by atoms with Gasteiger partial charge in [-0.2, -0.15) is 0 Å². The molecule has 3 nitrogen and oxygen atoms in total. The smallest absolute Gasteiger partial charge is 0.0409 e. The normalized spacial score (nSPS) is 16.2. The highest BCUT2D eigenvalue weighted by molar-refractivity contribution is 5.85. The highest BCUT2D eigenvalue weighted by atomic mass is 35.5. The quantitative estimate of drug-likeness (QED) is 0.848. The zero-order chi connectivity index (χ0) is 10.7. The first-order valence-electron chi connectivity index (χ1n) is 5.52. The van der Waals surface area contributed by atoms with E-state index in [2.05, 4.69) is 41.1 Å². The SMILES string of the molecule is CN1CCN(CCN)Cc2ccccc21.Cl. The van der Waals surface area contributed by atoms with Gasteiger partial charge < -0.3 is 10.6 Å². The van der Waals surface area contributed by atoms with Crippen molar-refractivity contribution in [3.05, 3.63) is 29.8 Å². The molecule has 0 fully saturated rings. The van der Waals surface area contributed by atoms with E-state index in [0.717, 1.165) is 32.7 Å². The molecule has 0 unspecified atom stereocenters. The Kier molecular flexibility index (Phi) is 5.06. The van der Waals surface area contributed by atoms with E-state index >= 15 is 0 Å². The van der Waals surface area contributed by atoms with Crippen molar-refractivity contribution in [2.75, 3.05) is 38.1 Å². The number of likely N-dealkylation sites (N-methyl/N-ethyl adjacent to an activating group) is 1. The Morgan fingerprint density at radius 2 is 2.00 bits per heavy atom. The van der Waals surface area contributed by atoms with Gasteiger partial charge in [-0.1, -0.05) is 18.2 Å². The van der Waals surface area contributed by atoms with Gasteiger partial charge in [-0.3, -0.25) is 4.90 Å². The molecule has 1 aliphatic heterocycles. The van der Waals surface area contributed by atoms with Crippen LogP contribution in [0.25, 0.3) is 0 Å². The molecule has 0 aliphatic carbocycles. The monoisotopic (exact) mass is 241 g/mol. The van der Waals surface area contributed by atoms with E-state index in [4.69, 9.17) is 5.73 Å². The van der Waals surface area contributed by atoms with Crippen LogP contribution in [0.15, 0.2) is 24.3 Å². The Labute approximate surface area is 104 Å². The lowest BCUT2D eigenvalue weighted by atomic mass is 10.1. The maximum absolute atomic E-state index is 5.61.